The molecule has 0 aromatic heterocycles. The standard InChI is InChI=1S/C20H29N3O3.ClH/c1-14(24)22-19-12-23(11-18(19)16-5-6-16)13-20(25)21-10-9-15-3-7-17(26-2)8-4-15;/h3-4,7-8,16,18-19H,5-6,9-13H2,1-2H3,(H,21,25)(H,22,24);1H/t18-,19+;/m1./s1. The maximum absolute atomic E-state index is 12.3. The van der Waals surface area contributed by atoms with Crippen molar-refractivity contribution in [2.75, 3.05) is 33.3 Å². The Hall–Kier alpha value is -1.79. The second kappa shape index (κ2) is 9.95. The van der Waals surface area contributed by atoms with E-state index in [9.17, 15) is 9.59 Å². The van der Waals surface area contributed by atoms with Crippen LogP contribution in [0.25, 0.3) is 0 Å². The van der Waals surface area contributed by atoms with Crippen LogP contribution in [0.4, 0.5) is 0 Å². The number of methoxy groups -OCH3 is 1. The number of rotatable bonds is 8. The lowest BCUT2D eigenvalue weighted by molar-refractivity contribution is -0.122. The van der Waals surface area contributed by atoms with Crippen LogP contribution in [-0.2, 0) is 16.0 Å². The van der Waals surface area contributed by atoms with Crippen LogP contribution >= 0.6 is 12.4 Å². The van der Waals surface area contributed by atoms with Crippen LogP contribution in [0.3, 0.4) is 0 Å². The van der Waals surface area contributed by atoms with E-state index in [0.717, 1.165) is 31.2 Å². The highest BCUT2D eigenvalue weighted by atomic mass is 35.5. The fraction of sp³-hybridized carbons (Fsp3) is 0.600. The fourth-order valence-corrected chi connectivity index (χ4v) is 3.86. The molecule has 0 unspecified atom stereocenters. The average Bonchev–Trinajstić information content (AvgIpc) is 3.38. The summed E-state index contributed by atoms with van der Waals surface area (Å²) in [5, 5.41) is 6.07. The van der Waals surface area contributed by atoms with E-state index in [1.165, 1.54) is 18.4 Å². The Morgan fingerprint density at radius 2 is 1.89 bits per heavy atom. The first-order chi connectivity index (χ1) is 12.5. The Morgan fingerprint density at radius 1 is 1.19 bits per heavy atom. The number of likely N-dealkylation sites (tertiary alicyclic amines) is 1. The molecule has 3 rings (SSSR count). The molecule has 0 bridgehead atoms. The number of nitrogens with zero attached hydrogens (tertiary/aromatic N) is 1. The van der Waals surface area contributed by atoms with Crippen LogP contribution in [0.5, 0.6) is 5.75 Å². The van der Waals surface area contributed by atoms with Gasteiger partial charge in [0, 0.05) is 32.6 Å². The number of benzene rings is 1. The lowest BCUT2D eigenvalue weighted by atomic mass is 9.98. The van der Waals surface area contributed by atoms with Crippen molar-refractivity contribution < 1.29 is 14.3 Å². The first-order valence-corrected chi connectivity index (χ1v) is 9.44. The van der Waals surface area contributed by atoms with Gasteiger partial charge in [-0.15, -0.1) is 12.4 Å². The van der Waals surface area contributed by atoms with Gasteiger partial charge in [-0.3, -0.25) is 14.5 Å². The monoisotopic (exact) mass is 395 g/mol. The van der Waals surface area contributed by atoms with E-state index in [1.54, 1.807) is 14.0 Å². The molecule has 1 saturated carbocycles. The maximum Gasteiger partial charge on any atom is 0.234 e. The van der Waals surface area contributed by atoms with Gasteiger partial charge in [0.15, 0.2) is 0 Å². The molecule has 0 radical (unpaired) electrons. The Kier molecular flexibility index (Phi) is 7.92. The molecule has 1 heterocycles. The van der Waals surface area contributed by atoms with Gasteiger partial charge < -0.3 is 15.4 Å². The number of amides is 2. The fourth-order valence-electron chi connectivity index (χ4n) is 3.86. The summed E-state index contributed by atoms with van der Waals surface area (Å²) in [6.07, 6.45) is 3.31. The molecule has 1 aromatic carbocycles. The molecule has 2 atom stereocenters. The summed E-state index contributed by atoms with van der Waals surface area (Å²) in [4.78, 5) is 25.8. The highest BCUT2D eigenvalue weighted by Gasteiger charge is 2.42. The van der Waals surface area contributed by atoms with Crippen molar-refractivity contribution in [1.29, 1.82) is 0 Å². The Balaban J connectivity index is 0.00000261. The third kappa shape index (κ3) is 6.40. The van der Waals surface area contributed by atoms with Crippen LogP contribution in [0.2, 0.25) is 0 Å². The van der Waals surface area contributed by atoms with Crippen molar-refractivity contribution in [3.05, 3.63) is 29.8 Å². The highest BCUT2D eigenvalue weighted by molar-refractivity contribution is 5.85. The predicted octanol–water partition coefficient (Wildman–Crippen LogP) is 1.62. The first-order valence-electron chi connectivity index (χ1n) is 9.44. The van der Waals surface area contributed by atoms with Crippen molar-refractivity contribution in [3.63, 3.8) is 0 Å². The van der Waals surface area contributed by atoms with Gasteiger partial charge in [0.25, 0.3) is 0 Å². The zero-order chi connectivity index (χ0) is 18.5. The van der Waals surface area contributed by atoms with Crippen molar-refractivity contribution >= 4 is 24.2 Å². The van der Waals surface area contributed by atoms with E-state index in [2.05, 4.69) is 15.5 Å². The third-order valence-electron chi connectivity index (χ3n) is 5.32. The quantitative estimate of drug-likeness (QED) is 0.701. The molecule has 27 heavy (non-hydrogen) atoms. The largest absolute Gasteiger partial charge is 0.497 e. The molecule has 7 heteroatoms. The van der Waals surface area contributed by atoms with E-state index in [4.69, 9.17) is 4.74 Å². The molecule has 2 aliphatic rings. The third-order valence-corrected chi connectivity index (χ3v) is 5.32. The summed E-state index contributed by atoms with van der Waals surface area (Å²) in [6, 6.07) is 8.09. The van der Waals surface area contributed by atoms with E-state index in [1.807, 2.05) is 24.3 Å². The molecule has 2 N–H and O–H groups in total. The number of halogens is 1. The number of ether oxygens (including phenoxy) is 1. The van der Waals surface area contributed by atoms with Gasteiger partial charge in [0.05, 0.1) is 13.7 Å². The minimum absolute atomic E-state index is 0. The average molecular weight is 396 g/mol. The lowest BCUT2D eigenvalue weighted by Crippen LogP contribution is -2.41. The number of nitrogens with one attached hydrogen (secondary N) is 2. The van der Waals surface area contributed by atoms with Gasteiger partial charge in [-0.05, 0) is 48.8 Å². The summed E-state index contributed by atoms with van der Waals surface area (Å²) in [6.45, 7) is 4.27. The molecule has 0 spiro atoms. The molecule has 1 aliphatic heterocycles. The smallest absolute Gasteiger partial charge is 0.234 e. The molecule has 2 amide bonds. The Labute approximate surface area is 167 Å². The second-order valence-corrected chi connectivity index (χ2v) is 7.45. The summed E-state index contributed by atoms with van der Waals surface area (Å²) in [7, 11) is 1.65. The normalized spacial score (nSPS) is 22.0. The minimum atomic E-state index is 0. The molecule has 1 aliphatic carbocycles. The summed E-state index contributed by atoms with van der Waals surface area (Å²) in [5.41, 5.74) is 1.17. The van der Waals surface area contributed by atoms with Crippen LogP contribution in [-0.4, -0.2) is 56.0 Å². The van der Waals surface area contributed by atoms with Gasteiger partial charge in [-0.25, -0.2) is 0 Å². The minimum Gasteiger partial charge on any atom is -0.497 e. The second-order valence-electron chi connectivity index (χ2n) is 7.45. The molecule has 150 valence electrons. The zero-order valence-corrected chi connectivity index (χ0v) is 16.9. The van der Waals surface area contributed by atoms with Crippen molar-refractivity contribution in [3.8, 4) is 5.75 Å². The van der Waals surface area contributed by atoms with Crippen LogP contribution < -0.4 is 15.4 Å². The van der Waals surface area contributed by atoms with Crippen LogP contribution in [0.1, 0.15) is 25.3 Å². The van der Waals surface area contributed by atoms with Crippen LogP contribution in [0, 0.1) is 11.8 Å². The zero-order valence-electron chi connectivity index (χ0n) is 16.1. The molecular formula is C20H30ClN3O3. The molecule has 6 nitrogen and oxygen atoms in total. The van der Waals surface area contributed by atoms with E-state index in [-0.39, 0.29) is 30.3 Å². The summed E-state index contributed by atoms with van der Waals surface area (Å²) in [5.74, 6) is 2.12. The van der Waals surface area contributed by atoms with Gasteiger partial charge in [0.2, 0.25) is 11.8 Å². The predicted molar refractivity (Wildman–Crippen MR) is 107 cm³/mol. The number of carbonyl (C=O) groups is 2. The van der Waals surface area contributed by atoms with Crippen molar-refractivity contribution in [1.82, 2.24) is 15.5 Å². The van der Waals surface area contributed by atoms with E-state index in [0.29, 0.717) is 19.0 Å². The van der Waals surface area contributed by atoms with Crippen molar-refractivity contribution in [2.45, 2.75) is 32.2 Å². The Morgan fingerprint density at radius 3 is 2.48 bits per heavy atom. The SMILES string of the molecule is COc1ccc(CCNC(=O)CN2C[C@H](NC(C)=O)[C@@H](C3CC3)C2)cc1.Cl. The molecular weight excluding hydrogens is 366 g/mol. The lowest BCUT2D eigenvalue weighted by Gasteiger charge is -2.18. The maximum atomic E-state index is 12.3. The Bertz CT molecular complexity index is 634. The van der Waals surface area contributed by atoms with E-state index < -0.39 is 0 Å². The van der Waals surface area contributed by atoms with E-state index >= 15 is 0 Å². The summed E-state index contributed by atoms with van der Waals surface area (Å²) < 4.78 is 5.15. The number of hydrogen-bond acceptors (Lipinski definition) is 4. The molecule has 2 fully saturated rings. The number of hydrogen-bond donors (Lipinski definition) is 2. The van der Waals surface area contributed by atoms with Gasteiger partial charge in [0.1, 0.15) is 5.75 Å². The molecule has 1 saturated heterocycles. The topological polar surface area (TPSA) is 70.7 Å². The number of carbonyl (C=O) groups excluding carboxylic acids is 2. The van der Waals surface area contributed by atoms with Crippen molar-refractivity contribution in [2.24, 2.45) is 11.8 Å². The summed E-state index contributed by atoms with van der Waals surface area (Å²) >= 11 is 0. The van der Waals surface area contributed by atoms with Gasteiger partial charge in [-0.1, -0.05) is 12.1 Å². The molecule has 1 aromatic rings. The highest BCUT2D eigenvalue weighted by Crippen LogP contribution is 2.41. The first kappa shape index (κ1) is 21.5. The van der Waals surface area contributed by atoms with Gasteiger partial charge in [-0.2, -0.15) is 0 Å². The van der Waals surface area contributed by atoms with Gasteiger partial charge >= 0.3 is 0 Å². The van der Waals surface area contributed by atoms with Crippen LogP contribution in [0.15, 0.2) is 24.3 Å².